The lowest BCUT2D eigenvalue weighted by Gasteiger charge is -2.64. The first-order valence-electron chi connectivity index (χ1n) is 24.1. The van der Waals surface area contributed by atoms with Crippen molar-refractivity contribution in [1.29, 1.82) is 0 Å². The number of aromatic amines is 2. The molecule has 7 aliphatic rings. The molecular formula is C55H56N8O5Si. The molecule has 4 saturated carbocycles. The summed E-state index contributed by atoms with van der Waals surface area (Å²) in [7, 11) is 0. The Hall–Kier alpha value is -6.45. The zero-order valence-corrected chi connectivity index (χ0v) is 38.0. The van der Waals surface area contributed by atoms with E-state index in [0.29, 0.717) is 77.2 Å². The van der Waals surface area contributed by atoms with Gasteiger partial charge in [-0.1, -0.05) is 111 Å². The van der Waals surface area contributed by atoms with E-state index in [0.717, 1.165) is 87.9 Å². The number of hydrogen-bond donors (Lipinski definition) is 5. The summed E-state index contributed by atoms with van der Waals surface area (Å²) in [6, 6.07) is 32.2. The average Bonchev–Trinajstić information content (AvgIpc) is 4.20. The van der Waals surface area contributed by atoms with E-state index in [1.165, 1.54) is 0 Å². The van der Waals surface area contributed by atoms with Crippen LogP contribution in [0.4, 0.5) is 0 Å². The van der Waals surface area contributed by atoms with Crippen LogP contribution in [-0.2, 0) is 9.53 Å². The summed E-state index contributed by atoms with van der Waals surface area (Å²) in [5, 5.41) is 37.6. The number of hydrogen-bond acceptors (Lipinski definition) is 11. The molecule has 14 heteroatoms. The van der Waals surface area contributed by atoms with Crippen molar-refractivity contribution in [2.75, 3.05) is 6.61 Å². The van der Waals surface area contributed by atoms with Crippen molar-refractivity contribution in [3.8, 4) is 45.6 Å². The van der Waals surface area contributed by atoms with Crippen molar-refractivity contribution >= 4 is 61.1 Å². The van der Waals surface area contributed by atoms with Gasteiger partial charge < -0.3 is 30.0 Å². The molecule has 0 amide bonds. The molecule has 0 saturated heterocycles. The molecule has 5 N–H and O–H groups in total. The van der Waals surface area contributed by atoms with Crippen LogP contribution in [-0.4, -0.2) is 96.5 Å². The molecule has 13 nitrogen and oxygen atoms in total. The largest absolute Gasteiger partial charge is 0.458 e. The predicted molar refractivity (Wildman–Crippen MR) is 271 cm³/mol. The number of aliphatic hydroxyl groups is 3. The number of rotatable bonds is 1. The molecule has 0 unspecified atom stereocenters. The van der Waals surface area contributed by atoms with Gasteiger partial charge in [0.25, 0.3) is 0 Å². The Labute approximate surface area is 402 Å². The van der Waals surface area contributed by atoms with E-state index >= 15 is 0 Å². The Morgan fingerprint density at radius 3 is 1.49 bits per heavy atom. The monoisotopic (exact) mass is 936 g/mol. The second kappa shape index (κ2) is 16.1. The standard InChI is InChI=1S/C32H18N8.C23H34O5.H4Si/c1-2-10-18-17(9-1)25-33-26(18)38-28-21-13-5-6-14-22(21)30(35-28)40-32-24-16-8-7-15-23(24)31(36-32)39-29-20-12-4-3-11-19(20)27(34-29)37-25;1-21-7-5-15(24)10-14(21)3-4-17-18(21)11-19(25)22(2)16(6-8-23(17,22)27)13-9-20(26)28-12-13;/h1-16H,(H2,33,34,35,36,37,38,39,40);9,14-19,24-25,27H,3-8,10-12H2,1-2H3;1H4/t;14-,15+,16-,17-,18+,19-,21+,22+,23+;/m.1./s1. The average molecular weight is 937 g/mol. The van der Waals surface area contributed by atoms with Gasteiger partial charge in [-0.3, -0.25) is 0 Å². The van der Waals surface area contributed by atoms with E-state index in [2.05, 4.69) is 16.9 Å². The SMILES string of the molecule is C[C@]12CC[C@H](O)C[C@H]1CC[C@@H]1[C@@H]2C[C@@H](O)[C@]2(C)[C@@H](C3=CC(=O)OC3)CC[C@]12O.[SiH4].c1ccc2c(c1)-c1nc-2nc2[nH]c(nc3nc(nc4[nH]c(n1)c1ccccc41)-c1ccccc1-3)c1ccccc21. The summed E-state index contributed by atoms with van der Waals surface area (Å²) < 4.78 is 5.16. The predicted octanol–water partition coefficient (Wildman–Crippen LogP) is 7.99. The van der Waals surface area contributed by atoms with Gasteiger partial charge >= 0.3 is 5.97 Å². The zero-order valence-electron chi connectivity index (χ0n) is 38.0. The minimum atomic E-state index is -0.906. The summed E-state index contributed by atoms with van der Waals surface area (Å²) in [5.74, 6) is 3.05. The normalized spacial score (nSPS) is 29.6. The Balaban J connectivity index is 0.000000150. The highest BCUT2D eigenvalue weighted by Crippen LogP contribution is 2.70. The van der Waals surface area contributed by atoms with Gasteiger partial charge in [-0.05, 0) is 97.0 Å². The molecule has 350 valence electrons. The molecule has 8 bridgehead atoms. The maximum Gasteiger partial charge on any atom is 0.331 e. The molecule has 3 aliphatic heterocycles. The molecule has 9 atom stereocenters. The van der Waals surface area contributed by atoms with Crippen LogP contribution in [0.15, 0.2) is 109 Å². The Bertz CT molecular complexity index is 3140. The molecular weight excluding hydrogens is 881 g/mol. The van der Waals surface area contributed by atoms with Gasteiger partial charge in [0.1, 0.15) is 29.2 Å². The molecule has 6 heterocycles. The van der Waals surface area contributed by atoms with Crippen LogP contribution < -0.4 is 0 Å². The minimum absolute atomic E-state index is 0. The van der Waals surface area contributed by atoms with Crippen molar-refractivity contribution in [3.05, 3.63) is 109 Å². The molecule has 14 rings (SSSR count). The van der Waals surface area contributed by atoms with Gasteiger partial charge in [0.15, 0.2) is 23.3 Å². The second-order valence-corrected chi connectivity index (χ2v) is 20.6. The van der Waals surface area contributed by atoms with Gasteiger partial charge in [0.05, 0.1) is 17.8 Å². The molecule has 7 aromatic rings. The van der Waals surface area contributed by atoms with Crippen LogP contribution in [0.3, 0.4) is 0 Å². The van der Waals surface area contributed by atoms with E-state index in [4.69, 9.17) is 34.6 Å². The first-order chi connectivity index (χ1) is 33.0. The molecule has 3 aromatic heterocycles. The molecule has 4 fully saturated rings. The van der Waals surface area contributed by atoms with Crippen molar-refractivity contribution in [3.63, 3.8) is 0 Å². The number of benzene rings is 4. The number of nitrogens with zero attached hydrogens (tertiary/aromatic N) is 6. The lowest BCUT2D eigenvalue weighted by Crippen LogP contribution is -2.67. The number of aliphatic hydroxyl groups excluding tert-OH is 2. The first-order valence-corrected chi connectivity index (χ1v) is 24.1. The molecule has 4 aromatic carbocycles. The molecule has 4 aliphatic carbocycles. The topological polar surface area (TPSA) is 196 Å². The van der Waals surface area contributed by atoms with E-state index in [1.807, 2.05) is 104 Å². The van der Waals surface area contributed by atoms with Crippen molar-refractivity contribution in [2.24, 2.45) is 34.5 Å². The number of carbonyl (C=O) groups excluding carboxylic acids is 1. The van der Waals surface area contributed by atoms with Crippen molar-refractivity contribution in [2.45, 2.75) is 83.0 Å². The molecule has 69 heavy (non-hydrogen) atoms. The lowest BCUT2D eigenvalue weighted by molar-refractivity contribution is -0.244. The molecule has 0 spiro atoms. The Morgan fingerprint density at radius 1 is 0.580 bits per heavy atom. The van der Waals surface area contributed by atoms with Gasteiger partial charge in [-0.25, -0.2) is 34.7 Å². The smallest absolute Gasteiger partial charge is 0.331 e. The van der Waals surface area contributed by atoms with E-state index in [-0.39, 0.29) is 40.3 Å². The van der Waals surface area contributed by atoms with E-state index < -0.39 is 17.1 Å². The highest BCUT2D eigenvalue weighted by Gasteiger charge is 2.70. The fraction of sp³-hybridized carbons (Fsp3) is 0.364. The Kier molecular flexibility index (Phi) is 10.2. The van der Waals surface area contributed by atoms with Crippen molar-refractivity contribution < 1.29 is 24.9 Å². The number of carbonyl (C=O) groups is 1. The lowest BCUT2D eigenvalue weighted by atomic mass is 9.42. The third-order valence-corrected chi connectivity index (χ3v) is 17.5. The van der Waals surface area contributed by atoms with Crippen LogP contribution in [0.25, 0.3) is 89.7 Å². The third-order valence-electron chi connectivity index (χ3n) is 17.5. The van der Waals surface area contributed by atoms with Gasteiger partial charge in [-0.15, -0.1) is 0 Å². The fourth-order valence-corrected chi connectivity index (χ4v) is 14.0. The highest BCUT2D eigenvalue weighted by atomic mass is 28.1. The summed E-state index contributed by atoms with van der Waals surface area (Å²) in [5.41, 5.74) is 5.94. The number of cyclic esters (lactones) is 1. The maximum atomic E-state index is 12.1. The maximum absolute atomic E-state index is 12.1. The third kappa shape index (κ3) is 6.55. The number of ether oxygens (including phenoxy) is 1. The second-order valence-electron chi connectivity index (χ2n) is 20.6. The van der Waals surface area contributed by atoms with Crippen LogP contribution in [0, 0.1) is 34.5 Å². The zero-order chi connectivity index (χ0) is 46.1. The number of nitrogens with one attached hydrogen (secondary N) is 2. The molecule has 0 radical (unpaired) electrons. The summed E-state index contributed by atoms with van der Waals surface area (Å²) in [6.45, 7) is 4.69. The number of esters is 1. The van der Waals surface area contributed by atoms with Crippen LogP contribution >= 0.6 is 0 Å². The summed E-state index contributed by atoms with van der Waals surface area (Å²) >= 11 is 0. The van der Waals surface area contributed by atoms with Gasteiger partial charge in [0.2, 0.25) is 0 Å². The number of aromatic nitrogens is 8. The Morgan fingerprint density at radius 2 is 1.04 bits per heavy atom. The summed E-state index contributed by atoms with van der Waals surface area (Å²) in [4.78, 5) is 48.4. The quantitative estimate of drug-likeness (QED) is 0.0791. The minimum Gasteiger partial charge on any atom is -0.458 e. The summed E-state index contributed by atoms with van der Waals surface area (Å²) in [6.07, 6.45) is 7.69. The number of H-pyrrole nitrogens is 2. The van der Waals surface area contributed by atoms with Crippen molar-refractivity contribution in [1.82, 2.24) is 39.9 Å². The fourth-order valence-electron chi connectivity index (χ4n) is 14.0. The van der Waals surface area contributed by atoms with Crippen LogP contribution in [0.2, 0.25) is 0 Å². The van der Waals surface area contributed by atoms with Crippen LogP contribution in [0.1, 0.15) is 65.2 Å². The highest BCUT2D eigenvalue weighted by molar-refractivity contribution is 6.06. The van der Waals surface area contributed by atoms with E-state index in [1.54, 1.807) is 6.08 Å². The first kappa shape index (κ1) is 43.8. The van der Waals surface area contributed by atoms with Gasteiger partial charge in [0, 0.05) is 55.3 Å². The van der Waals surface area contributed by atoms with Crippen LogP contribution in [0.5, 0.6) is 0 Å². The van der Waals surface area contributed by atoms with Gasteiger partial charge in [-0.2, -0.15) is 0 Å². The van der Waals surface area contributed by atoms with E-state index in [9.17, 15) is 20.1 Å². The number of fused-ring (bicyclic) bond motifs is 25.